The monoisotopic (exact) mass is 260 g/mol. The second-order valence-corrected chi connectivity index (χ2v) is 5.13. The number of hydrogen-bond donors (Lipinski definition) is 1. The van der Waals surface area contributed by atoms with Crippen LogP contribution in [-0.2, 0) is 0 Å². The van der Waals surface area contributed by atoms with E-state index in [1.54, 1.807) is 0 Å². The van der Waals surface area contributed by atoms with Crippen LogP contribution in [0.5, 0.6) is 0 Å². The summed E-state index contributed by atoms with van der Waals surface area (Å²) in [5.74, 6) is 0.756. The molecule has 1 saturated heterocycles. The van der Waals surface area contributed by atoms with Gasteiger partial charge in [0.1, 0.15) is 0 Å². The smallest absolute Gasteiger partial charge is 0.253 e. The van der Waals surface area contributed by atoms with Crippen LogP contribution < -0.4 is 5.32 Å². The molecule has 0 aliphatic carbocycles. The molecule has 1 amide bonds. The molecule has 1 aromatic rings. The maximum atomic E-state index is 12.4. The third-order valence-electron chi connectivity index (χ3n) is 3.99. The van der Waals surface area contributed by atoms with Gasteiger partial charge in [0.2, 0.25) is 0 Å². The first-order valence-electron chi connectivity index (χ1n) is 7.36. The number of nitrogens with one attached hydrogen (secondary N) is 1. The lowest BCUT2D eigenvalue weighted by Crippen LogP contribution is -2.30. The zero-order valence-corrected chi connectivity index (χ0v) is 12.0. The van der Waals surface area contributed by atoms with Gasteiger partial charge in [-0.25, -0.2) is 0 Å². The van der Waals surface area contributed by atoms with E-state index >= 15 is 0 Å². The first kappa shape index (κ1) is 14.1. The van der Waals surface area contributed by atoms with Gasteiger partial charge in [-0.1, -0.05) is 12.1 Å². The van der Waals surface area contributed by atoms with Crippen LogP contribution in [0.1, 0.15) is 48.5 Å². The van der Waals surface area contributed by atoms with E-state index in [0.29, 0.717) is 5.92 Å². The van der Waals surface area contributed by atoms with Crippen molar-refractivity contribution >= 4 is 5.91 Å². The summed E-state index contributed by atoms with van der Waals surface area (Å²) in [7, 11) is 0. The molecule has 0 spiro atoms. The molecule has 3 nitrogen and oxygen atoms in total. The Hall–Kier alpha value is -1.35. The molecule has 0 aromatic heterocycles. The van der Waals surface area contributed by atoms with Gasteiger partial charge in [0, 0.05) is 18.7 Å². The molecule has 0 unspecified atom stereocenters. The molecule has 0 radical (unpaired) electrons. The van der Waals surface area contributed by atoms with Crippen molar-refractivity contribution in [3.63, 3.8) is 0 Å². The molecule has 0 saturated carbocycles. The Morgan fingerprint density at radius 1 is 1.26 bits per heavy atom. The highest BCUT2D eigenvalue weighted by Gasteiger charge is 2.18. The van der Waals surface area contributed by atoms with Gasteiger partial charge in [0.05, 0.1) is 0 Å². The third-order valence-corrected chi connectivity index (χ3v) is 3.99. The standard InChI is InChI=1S/C16H24N2O/c1-3-18(4-2)16(19)15-7-5-6-14(12-15)13-8-10-17-11-9-13/h5-7,12-13,17H,3-4,8-11H2,1-2H3. The van der Waals surface area contributed by atoms with Crippen LogP contribution in [0.3, 0.4) is 0 Å². The molecule has 1 fully saturated rings. The van der Waals surface area contributed by atoms with Gasteiger partial charge in [0.25, 0.3) is 5.91 Å². The van der Waals surface area contributed by atoms with Crippen molar-refractivity contribution in [3.05, 3.63) is 35.4 Å². The van der Waals surface area contributed by atoms with Crippen molar-refractivity contribution in [1.29, 1.82) is 0 Å². The lowest BCUT2D eigenvalue weighted by atomic mass is 9.89. The minimum absolute atomic E-state index is 0.154. The van der Waals surface area contributed by atoms with Crippen molar-refractivity contribution in [2.45, 2.75) is 32.6 Å². The Morgan fingerprint density at radius 2 is 1.95 bits per heavy atom. The van der Waals surface area contributed by atoms with Crippen LogP contribution >= 0.6 is 0 Å². The maximum absolute atomic E-state index is 12.4. The summed E-state index contributed by atoms with van der Waals surface area (Å²) in [5, 5.41) is 3.38. The van der Waals surface area contributed by atoms with Crippen LogP contribution in [-0.4, -0.2) is 37.0 Å². The molecule has 1 aromatic carbocycles. The fourth-order valence-corrected chi connectivity index (χ4v) is 2.77. The van der Waals surface area contributed by atoms with Gasteiger partial charge in [-0.2, -0.15) is 0 Å². The van der Waals surface area contributed by atoms with Gasteiger partial charge < -0.3 is 10.2 Å². The molecule has 3 heteroatoms. The summed E-state index contributed by atoms with van der Waals surface area (Å²) >= 11 is 0. The molecule has 1 N–H and O–H groups in total. The topological polar surface area (TPSA) is 32.3 Å². The molecule has 104 valence electrons. The number of rotatable bonds is 4. The van der Waals surface area contributed by atoms with Crippen LogP contribution in [0.2, 0.25) is 0 Å². The minimum atomic E-state index is 0.154. The number of carbonyl (C=O) groups excluding carboxylic acids is 1. The number of piperidine rings is 1. The largest absolute Gasteiger partial charge is 0.339 e. The molecular weight excluding hydrogens is 236 g/mol. The molecule has 2 rings (SSSR count). The molecule has 1 aliphatic heterocycles. The lowest BCUT2D eigenvalue weighted by molar-refractivity contribution is 0.0773. The Morgan fingerprint density at radius 3 is 2.58 bits per heavy atom. The second kappa shape index (κ2) is 6.71. The quantitative estimate of drug-likeness (QED) is 0.902. The van der Waals surface area contributed by atoms with Crippen LogP contribution in [0.4, 0.5) is 0 Å². The summed E-state index contributed by atoms with van der Waals surface area (Å²) in [6.07, 6.45) is 2.34. The van der Waals surface area contributed by atoms with E-state index in [0.717, 1.165) is 31.7 Å². The predicted octanol–water partition coefficient (Wildman–Crippen LogP) is 2.64. The molecule has 19 heavy (non-hydrogen) atoms. The molecule has 1 heterocycles. The van der Waals surface area contributed by atoms with E-state index in [4.69, 9.17) is 0 Å². The van der Waals surface area contributed by atoms with E-state index in [1.165, 1.54) is 18.4 Å². The van der Waals surface area contributed by atoms with Gasteiger partial charge in [-0.3, -0.25) is 4.79 Å². The van der Waals surface area contributed by atoms with Crippen LogP contribution in [0.15, 0.2) is 24.3 Å². The SMILES string of the molecule is CCN(CC)C(=O)c1cccc(C2CCNCC2)c1. The van der Waals surface area contributed by atoms with E-state index in [-0.39, 0.29) is 5.91 Å². The summed E-state index contributed by atoms with van der Waals surface area (Å²) in [6, 6.07) is 8.21. The number of benzene rings is 1. The van der Waals surface area contributed by atoms with Crippen molar-refractivity contribution in [2.24, 2.45) is 0 Å². The number of hydrogen-bond acceptors (Lipinski definition) is 2. The fourth-order valence-electron chi connectivity index (χ4n) is 2.77. The third kappa shape index (κ3) is 3.35. The lowest BCUT2D eigenvalue weighted by Gasteiger charge is -2.24. The normalized spacial score (nSPS) is 16.3. The summed E-state index contributed by atoms with van der Waals surface area (Å²) in [5.41, 5.74) is 2.15. The Labute approximate surface area is 116 Å². The van der Waals surface area contributed by atoms with Gasteiger partial charge >= 0.3 is 0 Å². The van der Waals surface area contributed by atoms with Gasteiger partial charge in [-0.15, -0.1) is 0 Å². The van der Waals surface area contributed by atoms with Crippen LogP contribution in [0, 0.1) is 0 Å². The highest BCUT2D eigenvalue weighted by molar-refractivity contribution is 5.94. The number of nitrogens with zero attached hydrogens (tertiary/aromatic N) is 1. The van der Waals surface area contributed by atoms with E-state index in [2.05, 4.69) is 17.4 Å². The van der Waals surface area contributed by atoms with Gasteiger partial charge in [-0.05, 0) is 63.4 Å². The summed E-state index contributed by atoms with van der Waals surface area (Å²) in [4.78, 5) is 14.2. The Bertz CT molecular complexity index is 421. The molecular formula is C16H24N2O. The molecule has 1 aliphatic rings. The maximum Gasteiger partial charge on any atom is 0.253 e. The highest BCUT2D eigenvalue weighted by Crippen LogP contribution is 2.26. The number of carbonyl (C=O) groups is 1. The average Bonchev–Trinajstić information content (AvgIpc) is 2.49. The average molecular weight is 260 g/mol. The zero-order chi connectivity index (χ0) is 13.7. The predicted molar refractivity (Wildman–Crippen MR) is 78.5 cm³/mol. The van der Waals surface area contributed by atoms with E-state index < -0.39 is 0 Å². The van der Waals surface area contributed by atoms with Gasteiger partial charge in [0.15, 0.2) is 0 Å². The minimum Gasteiger partial charge on any atom is -0.339 e. The number of amides is 1. The fraction of sp³-hybridized carbons (Fsp3) is 0.562. The second-order valence-electron chi connectivity index (χ2n) is 5.13. The van der Waals surface area contributed by atoms with Crippen molar-refractivity contribution in [1.82, 2.24) is 10.2 Å². The van der Waals surface area contributed by atoms with Crippen molar-refractivity contribution in [2.75, 3.05) is 26.2 Å². The molecule has 0 atom stereocenters. The first-order valence-corrected chi connectivity index (χ1v) is 7.36. The van der Waals surface area contributed by atoms with Crippen molar-refractivity contribution in [3.8, 4) is 0 Å². The summed E-state index contributed by atoms with van der Waals surface area (Å²) in [6.45, 7) is 7.76. The van der Waals surface area contributed by atoms with E-state index in [1.807, 2.05) is 30.9 Å². The van der Waals surface area contributed by atoms with Crippen LogP contribution in [0.25, 0.3) is 0 Å². The highest BCUT2D eigenvalue weighted by atomic mass is 16.2. The summed E-state index contributed by atoms with van der Waals surface area (Å²) < 4.78 is 0. The van der Waals surface area contributed by atoms with E-state index in [9.17, 15) is 4.79 Å². The first-order chi connectivity index (χ1) is 9.26. The Balaban J connectivity index is 2.16. The molecule has 0 bridgehead atoms. The Kier molecular flexibility index (Phi) is 4.97. The zero-order valence-electron chi connectivity index (χ0n) is 12.0. The van der Waals surface area contributed by atoms with Crippen molar-refractivity contribution < 1.29 is 4.79 Å².